The van der Waals surface area contributed by atoms with Gasteiger partial charge in [0.15, 0.2) is 0 Å². The van der Waals surface area contributed by atoms with Crippen molar-refractivity contribution in [3.8, 4) is 0 Å². The van der Waals surface area contributed by atoms with Crippen molar-refractivity contribution >= 4 is 11.9 Å². The fourth-order valence-corrected chi connectivity index (χ4v) is 1.57. The topological polar surface area (TPSA) is 69.6 Å². The Morgan fingerprint density at radius 2 is 1.69 bits per heavy atom. The second-order valence-corrected chi connectivity index (χ2v) is 3.90. The van der Waals surface area contributed by atoms with Gasteiger partial charge in [-0.15, -0.1) is 0 Å². The number of aliphatic carboxylic acids is 1. The summed E-state index contributed by atoms with van der Waals surface area (Å²) in [7, 11) is 0. The normalized spacial score (nSPS) is 15.9. The fourth-order valence-electron chi connectivity index (χ4n) is 1.57. The summed E-state index contributed by atoms with van der Waals surface area (Å²) >= 11 is 0. The lowest BCUT2D eigenvalue weighted by molar-refractivity contribution is -0.134. The summed E-state index contributed by atoms with van der Waals surface area (Å²) in [5.41, 5.74) is 0. The zero-order valence-electron chi connectivity index (χ0n) is 10.2. The number of nitrogens with one attached hydrogen (secondary N) is 1. The molecule has 0 unspecified atom stereocenters. The first kappa shape index (κ1) is 14.9. The van der Waals surface area contributed by atoms with Gasteiger partial charge in [-0.1, -0.05) is 6.42 Å². The van der Waals surface area contributed by atoms with E-state index in [1.165, 1.54) is 32.4 Å². The van der Waals surface area contributed by atoms with Gasteiger partial charge in [0, 0.05) is 26.9 Å². The van der Waals surface area contributed by atoms with Crippen LogP contribution in [0.1, 0.15) is 33.1 Å². The minimum atomic E-state index is -0.833. The summed E-state index contributed by atoms with van der Waals surface area (Å²) in [6, 6.07) is 0. The van der Waals surface area contributed by atoms with Gasteiger partial charge in [-0.2, -0.15) is 0 Å². The number of carbonyl (C=O) groups excluding carboxylic acids is 1. The van der Waals surface area contributed by atoms with E-state index in [1.54, 1.807) is 6.92 Å². The smallest absolute Gasteiger partial charge is 0.300 e. The molecular formula is C11H22N2O3. The maximum absolute atomic E-state index is 10.6. The third-order valence-corrected chi connectivity index (χ3v) is 2.25. The molecule has 2 N–H and O–H groups in total. The summed E-state index contributed by atoms with van der Waals surface area (Å²) in [6.07, 6.45) is 4.01. The van der Waals surface area contributed by atoms with Crippen LogP contribution < -0.4 is 5.32 Å². The van der Waals surface area contributed by atoms with E-state index in [1.807, 2.05) is 0 Å². The molecule has 1 heterocycles. The monoisotopic (exact) mass is 230 g/mol. The first-order chi connectivity index (χ1) is 7.52. The highest BCUT2D eigenvalue weighted by molar-refractivity contribution is 5.72. The predicted octanol–water partition coefficient (Wildman–Crippen LogP) is 0.699. The first-order valence-electron chi connectivity index (χ1n) is 5.68. The molecule has 0 saturated carbocycles. The Bertz CT molecular complexity index is 209. The summed E-state index contributed by atoms with van der Waals surface area (Å²) < 4.78 is 0. The highest BCUT2D eigenvalue weighted by Crippen LogP contribution is 2.06. The number of carbonyl (C=O) groups is 2. The Kier molecular flexibility index (Phi) is 8.52. The number of carboxylic acid groups (broad SMARTS) is 1. The highest BCUT2D eigenvalue weighted by Gasteiger charge is 2.08. The van der Waals surface area contributed by atoms with Crippen molar-refractivity contribution in [2.24, 2.45) is 0 Å². The highest BCUT2D eigenvalue weighted by atomic mass is 16.4. The quantitative estimate of drug-likeness (QED) is 0.748. The minimum absolute atomic E-state index is 0.0759. The average molecular weight is 230 g/mol. The van der Waals surface area contributed by atoms with Gasteiger partial charge in [0.2, 0.25) is 5.91 Å². The summed E-state index contributed by atoms with van der Waals surface area (Å²) in [5.74, 6) is -0.757. The minimum Gasteiger partial charge on any atom is -0.481 e. The number of rotatable bonds is 3. The molecule has 5 nitrogen and oxygen atoms in total. The number of likely N-dealkylation sites (tertiary alicyclic amines) is 1. The number of hydrogen-bond donors (Lipinski definition) is 2. The molecule has 1 rings (SSSR count). The van der Waals surface area contributed by atoms with Gasteiger partial charge in [0.05, 0.1) is 0 Å². The Balaban J connectivity index is 0.000000487. The van der Waals surface area contributed by atoms with Crippen molar-refractivity contribution in [1.29, 1.82) is 0 Å². The molecule has 0 aromatic rings. The van der Waals surface area contributed by atoms with E-state index >= 15 is 0 Å². The maximum Gasteiger partial charge on any atom is 0.300 e. The lowest BCUT2D eigenvalue weighted by atomic mass is 10.1. The Hall–Kier alpha value is -1.10. The van der Waals surface area contributed by atoms with Crippen LogP contribution in [0, 0.1) is 0 Å². The molecule has 0 aliphatic carbocycles. The van der Waals surface area contributed by atoms with E-state index in [-0.39, 0.29) is 5.91 Å². The van der Waals surface area contributed by atoms with Crippen molar-refractivity contribution in [1.82, 2.24) is 10.2 Å². The molecule has 16 heavy (non-hydrogen) atoms. The molecule has 1 amide bonds. The average Bonchev–Trinajstić information content (AvgIpc) is 2.18. The van der Waals surface area contributed by atoms with E-state index in [4.69, 9.17) is 9.90 Å². The SMILES string of the molecule is CC(=O)NCCN1CCCCC1.CC(=O)O. The van der Waals surface area contributed by atoms with Crippen LogP contribution in [0.2, 0.25) is 0 Å². The van der Waals surface area contributed by atoms with Crippen molar-refractivity contribution in [3.63, 3.8) is 0 Å². The molecule has 1 fully saturated rings. The maximum atomic E-state index is 10.6. The molecule has 1 aliphatic rings. The zero-order valence-corrected chi connectivity index (χ0v) is 10.2. The second-order valence-electron chi connectivity index (χ2n) is 3.90. The lowest BCUT2D eigenvalue weighted by Gasteiger charge is -2.26. The molecule has 94 valence electrons. The number of nitrogens with zero attached hydrogens (tertiary/aromatic N) is 1. The number of amides is 1. The van der Waals surface area contributed by atoms with Crippen LogP contribution in [0.4, 0.5) is 0 Å². The number of carboxylic acids is 1. The fraction of sp³-hybridized carbons (Fsp3) is 0.818. The summed E-state index contributed by atoms with van der Waals surface area (Å²) in [5, 5.41) is 10.2. The van der Waals surface area contributed by atoms with Crippen LogP contribution >= 0.6 is 0 Å². The van der Waals surface area contributed by atoms with Gasteiger partial charge in [-0.05, 0) is 25.9 Å². The lowest BCUT2D eigenvalue weighted by Crippen LogP contribution is -2.36. The van der Waals surface area contributed by atoms with Crippen LogP contribution in [-0.2, 0) is 9.59 Å². The second kappa shape index (κ2) is 9.15. The Morgan fingerprint density at radius 1 is 1.19 bits per heavy atom. The third-order valence-electron chi connectivity index (χ3n) is 2.25. The molecule has 0 spiro atoms. The van der Waals surface area contributed by atoms with E-state index in [0.717, 1.165) is 20.0 Å². The van der Waals surface area contributed by atoms with Crippen molar-refractivity contribution in [3.05, 3.63) is 0 Å². The van der Waals surface area contributed by atoms with E-state index in [9.17, 15) is 4.79 Å². The van der Waals surface area contributed by atoms with Gasteiger partial charge >= 0.3 is 0 Å². The van der Waals surface area contributed by atoms with Crippen LogP contribution in [0.5, 0.6) is 0 Å². The van der Waals surface area contributed by atoms with Gasteiger partial charge in [0.1, 0.15) is 0 Å². The summed E-state index contributed by atoms with van der Waals surface area (Å²) in [6.45, 7) is 6.88. The molecule has 0 aromatic carbocycles. The summed E-state index contributed by atoms with van der Waals surface area (Å²) in [4.78, 5) is 22.0. The number of piperidine rings is 1. The van der Waals surface area contributed by atoms with E-state index in [0.29, 0.717) is 0 Å². The molecule has 1 aliphatic heterocycles. The molecule has 0 radical (unpaired) electrons. The Morgan fingerprint density at radius 3 is 2.12 bits per heavy atom. The van der Waals surface area contributed by atoms with E-state index < -0.39 is 5.97 Å². The van der Waals surface area contributed by atoms with Crippen molar-refractivity contribution in [2.75, 3.05) is 26.2 Å². The van der Waals surface area contributed by atoms with Gasteiger partial charge in [0.25, 0.3) is 5.97 Å². The molecule has 1 saturated heterocycles. The molecule has 0 aromatic heterocycles. The van der Waals surface area contributed by atoms with Gasteiger partial charge in [-0.25, -0.2) is 0 Å². The first-order valence-corrected chi connectivity index (χ1v) is 5.68. The van der Waals surface area contributed by atoms with Crippen LogP contribution in [0.25, 0.3) is 0 Å². The van der Waals surface area contributed by atoms with Crippen LogP contribution in [-0.4, -0.2) is 48.1 Å². The van der Waals surface area contributed by atoms with Crippen LogP contribution in [0.3, 0.4) is 0 Å². The Labute approximate surface area is 96.8 Å². The zero-order chi connectivity index (χ0) is 12.4. The van der Waals surface area contributed by atoms with Gasteiger partial charge in [-0.3, -0.25) is 9.59 Å². The molecule has 0 bridgehead atoms. The van der Waals surface area contributed by atoms with Crippen LogP contribution in [0.15, 0.2) is 0 Å². The number of hydrogen-bond acceptors (Lipinski definition) is 3. The molecular weight excluding hydrogens is 208 g/mol. The predicted molar refractivity (Wildman–Crippen MR) is 62.3 cm³/mol. The molecule has 0 atom stereocenters. The third kappa shape index (κ3) is 11.0. The molecule has 5 heteroatoms. The van der Waals surface area contributed by atoms with E-state index in [2.05, 4.69) is 10.2 Å². The largest absolute Gasteiger partial charge is 0.481 e. The standard InChI is InChI=1S/C9H18N2O.C2H4O2/c1-9(12)10-5-8-11-6-3-2-4-7-11;1-2(3)4/h2-8H2,1H3,(H,10,12);1H3,(H,3,4). The van der Waals surface area contributed by atoms with Gasteiger partial charge < -0.3 is 15.3 Å². The van der Waals surface area contributed by atoms with Crippen molar-refractivity contribution in [2.45, 2.75) is 33.1 Å². The van der Waals surface area contributed by atoms with Crippen molar-refractivity contribution < 1.29 is 14.7 Å².